The summed E-state index contributed by atoms with van der Waals surface area (Å²) in [4.78, 5) is 27.4. The summed E-state index contributed by atoms with van der Waals surface area (Å²) in [5.41, 5.74) is 1.72. The number of amides is 1. The Hall–Kier alpha value is -3.47. The molecule has 1 amide bonds. The lowest BCUT2D eigenvalue weighted by Crippen LogP contribution is -2.11. The van der Waals surface area contributed by atoms with Crippen LogP contribution in [0.2, 0.25) is 0 Å². The minimum Gasteiger partial charge on any atom is -0.457 e. The normalized spacial score (nSPS) is 10.1. The van der Waals surface area contributed by atoms with Crippen molar-refractivity contribution in [1.82, 2.24) is 4.98 Å². The van der Waals surface area contributed by atoms with Gasteiger partial charge in [-0.3, -0.25) is 14.6 Å². The fourth-order valence-corrected chi connectivity index (χ4v) is 2.21. The van der Waals surface area contributed by atoms with Gasteiger partial charge >= 0.3 is 0 Å². The molecule has 3 rings (SSSR count). The molecule has 0 radical (unpaired) electrons. The zero-order valence-electron chi connectivity index (χ0n) is 13.6. The molecule has 5 heteroatoms. The maximum atomic E-state index is 12.2. The lowest BCUT2D eigenvalue weighted by atomic mass is 10.1. The monoisotopic (exact) mass is 332 g/mol. The number of carbonyl (C=O) groups excluding carboxylic acids is 2. The fraction of sp³-hybridized carbons (Fsp3) is 0.0500. The summed E-state index contributed by atoms with van der Waals surface area (Å²) in [5.74, 6) is 1.09. The Balaban J connectivity index is 1.64. The van der Waals surface area contributed by atoms with E-state index in [1.54, 1.807) is 73.1 Å². The molecule has 25 heavy (non-hydrogen) atoms. The standard InChI is InChI=1S/C20H16N2O3/c1-14(23)15-2-4-16(5-3-15)20(24)22-17-6-8-18(9-7-17)25-19-10-12-21-13-11-19/h2-13H,1H3,(H,22,24). The molecule has 0 unspecified atom stereocenters. The molecular formula is C20H16N2O3. The molecule has 0 saturated heterocycles. The van der Waals surface area contributed by atoms with Gasteiger partial charge in [0.2, 0.25) is 0 Å². The van der Waals surface area contributed by atoms with Gasteiger partial charge in [0, 0.05) is 29.2 Å². The summed E-state index contributed by atoms with van der Waals surface area (Å²) in [6.45, 7) is 1.49. The largest absolute Gasteiger partial charge is 0.457 e. The van der Waals surface area contributed by atoms with Crippen LogP contribution >= 0.6 is 0 Å². The lowest BCUT2D eigenvalue weighted by molar-refractivity contribution is 0.101. The first-order valence-electron chi connectivity index (χ1n) is 7.72. The van der Waals surface area contributed by atoms with Crippen molar-refractivity contribution in [3.8, 4) is 11.5 Å². The van der Waals surface area contributed by atoms with Gasteiger partial charge in [-0.2, -0.15) is 0 Å². The molecule has 1 N–H and O–H groups in total. The van der Waals surface area contributed by atoms with Gasteiger partial charge in [-0.1, -0.05) is 12.1 Å². The van der Waals surface area contributed by atoms with Crippen molar-refractivity contribution in [2.75, 3.05) is 5.32 Å². The van der Waals surface area contributed by atoms with E-state index in [1.165, 1.54) is 6.92 Å². The topological polar surface area (TPSA) is 68.3 Å². The fourth-order valence-electron chi connectivity index (χ4n) is 2.21. The van der Waals surface area contributed by atoms with Crippen LogP contribution in [0.25, 0.3) is 0 Å². The number of hydrogen-bond donors (Lipinski definition) is 1. The van der Waals surface area contributed by atoms with E-state index < -0.39 is 0 Å². The van der Waals surface area contributed by atoms with Gasteiger partial charge in [0.15, 0.2) is 5.78 Å². The molecule has 0 atom stereocenters. The maximum Gasteiger partial charge on any atom is 0.255 e. The second-order valence-electron chi connectivity index (χ2n) is 5.40. The lowest BCUT2D eigenvalue weighted by Gasteiger charge is -2.08. The molecule has 0 fully saturated rings. The number of pyridine rings is 1. The third-order valence-electron chi connectivity index (χ3n) is 3.55. The number of nitrogens with one attached hydrogen (secondary N) is 1. The second-order valence-corrected chi connectivity index (χ2v) is 5.40. The Morgan fingerprint density at radius 2 is 1.36 bits per heavy atom. The number of aromatic nitrogens is 1. The molecule has 0 aliphatic rings. The number of Topliss-reactive ketones (excluding diaryl/α,β-unsaturated/α-hetero) is 1. The van der Waals surface area contributed by atoms with Crippen LogP contribution in [-0.2, 0) is 0 Å². The third-order valence-corrected chi connectivity index (χ3v) is 3.55. The average molecular weight is 332 g/mol. The van der Waals surface area contributed by atoms with Gasteiger partial charge in [-0.05, 0) is 55.5 Å². The van der Waals surface area contributed by atoms with Crippen LogP contribution in [-0.4, -0.2) is 16.7 Å². The number of ether oxygens (including phenoxy) is 1. The minimum absolute atomic E-state index is 0.0308. The Labute approximate surface area is 145 Å². The van der Waals surface area contributed by atoms with E-state index in [0.29, 0.717) is 28.3 Å². The molecule has 1 aromatic heterocycles. The number of anilines is 1. The minimum atomic E-state index is -0.238. The molecule has 124 valence electrons. The van der Waals surface area contributed by atoms with Crippen molar-refractivity contribution in [2.45, 2.75) is 6.92 Å². The number of hydrogen-bond acceptors (Lipinski definition) is 4. The predicted molar refractivity (Wildman–Crippen MR) is 95.2 cm³/mol. The first kappa shape index (κ1) is 16.4. The van der Waals surface area contributed by atoms with E-state index in [9.17, 15) is 9.59 Å². The van der Waals surface area contributed by atoms with Crippen molar-refractivity contribution in [1.29, 1.82) is 0 Å². The highest BCUT2D eigenvalue weighted by Crippen LogP contribution is 2.22. The van der Waals surface area contributed by atoms with Crippen LogP contribution in [0, 0.1) is 0 Å². The number of rotatable bonds is 5. The van der Waals surface area contributed by atoms with E-state index in [1.807, 2.05) is 0 Å². The van der Waals surface area contributed by atoms with Gasteiger partial charge in [0.05, 0.1) is 0 Å². The van der Waals surface area contributed by atoms with Crippen molar-refractivity contribution in [2.24, 2.45) is 0 Å². The number of benzene rings is 2. The van der Waals surface area contributed by atoms with Crippen molar-refractivity contribution >= 4 is 17.4 Å². The Kier molecular flexibility index (Phi) is 4.85. The summed E-state index contributed by atoms with van der Waals surface area (Å²) >= 11 is 0. The Morgan fingerprint density at radius 3 is 1.96 bits per heavy atom. The molecule has 0 spiro atoms. The third kappa shape index (κ3) is 4.29. The molecule has 2 aromatic carbocycles. The Morgan fingerprint density at radius 1 is 0.800 bits per heavy atom. The van der Waals surface area contributed by atoms with Crippen LogP contribution < -0.4 is 10.1 Å². The highest BCUT2D eigenvalue weighted by molar-refractivity contribution is 6.05. The van der Waals surface area contributed by atoms with E-state index in [4.69, 9.17) is 4.74 Å². The highest BCUT2D eigenvalue weighted by atomic mass is 16.5. The van der Waals surface area contributed by atoms with Crippen LogP contribution in [0.4, 0.5) is 5.69 Å². The van der Waals surface area contributed by atoms with E-state index in [2.05, 4.69) is 10.3 Å². The van der Waals surface area contributed by atoms with Crippen LogP contribution in [0.15, 0.2) is 73.1 Å². The van der Waals surface area contributed by atoms with E-state index >= 15 is 0 Å². The number of carbonyl (C=O) groups is 2. The maximum absolute atomic E-state index is 12.2. The first-order chi connectivity index (χ1) is 12.1. The number of ketones is 1. The van der Waals surface area contributed by atoms with Crippen molar-refractivity contribution < 1.29 is 14.3 Å². The van der Waals surface area contributed by atoms with Gasteiger partial charge in [-0.25, -0.2) is 0 Å². The molecule has 5 nitrogen and oxygen atoms in total. The van der Waals surface area contributed by atoms with Crippen LogP contribution in [0.1, 0.15) is 27.6 Å². The number of nitrogens with zero attached hydrogens (tertiary/aromatic N) is 1. The molecule has 0 saturated carbocycles. The van der Waals surface area contributed by atoms with Crippen LogP contribution in [0.5, 0.6) is 11.5 Å². The SMILES string of the molecule is CC(=O)c1ccc(C(=O)Nc2ccc(Oc3ccncc3)cc2)cc1. The smallest absolute Gasteiger partial charge is 0.255 e. The summed E-state index contributed by atoms with van der Waals surface area (Å²) in [7, 11) is 0. The summed E-state index contributed by atoms with van der Waals surface area (Å²) in [6.07, 6.45) is 3.31. The van der Waals surface area contributed by atoms with Gasteiger partial charge < -0.3 is 10.1 Å². The average Bonchev–Trinajstić information content (AvgIpc) is 2.64. The molecule has 3 aromatic rings. The van der Waals surface area contributed by atoms with Crippen molar-refractivity contribution in [3.05, 3.63) is 84.2 Å². The van der Waals surface area contributed by atoms with E-state index in [-0.39, 0.29) is 11.7 Å². The molecule has 1 heterocycles. The van der Waals surface area contributed by atoms with Gasteiger partial charge in [0.1, 0.15) is 11.5 Å². The van der Waals surface area contributed by atoms with Gasteiger partial charge in [0.25, 0.3) is 5.91 Å². The first-order valence-corrected chi connectivity index (χ1v) is 7.72. The van der Waals surface area contributed by atoms with Crippen LogP contribution in [0.3, 0.4) is 0 Å². The second kappa shape index (κ2) is 7.40. The zero-order valence-corrected chi connectivity index (χ0v) is 13.6. The summed E-state index contributed by atoms with van der Waals surface area (Å²) in [5, 5.41) is 2.81. The summed E-state index contributed by atoms with van der Waals surface area (Å²) in [6, 6.07) is 17.1. The quantitative estimate of drug-likeness (QED) is 0.706. The molecule has 0 bridgehead atoms. The summed E-state index contributed by atoms with van der Waals surface area (Å²) < 4.78 is 5.67. The molecule has 0 aliphatic carbocycles. The Bertz CT molecular complexity index is 873. The van der Waals surface area contributed by atoms with Crippen molar-refractivity contribution in [3.63, 3.8) is 0 Å². The zero-order chi connectivity index (χ0) is 17.6. The molecular weight excluding hydrogens is 316 g/mol. The highest BCUT2D eigenvalue weighted by Gasteiger charge is 2.07. The predicted octanol–water partition coefficient (Wildman–Crippen LogP) is 4.33. The van der Waals surface area contributed by atoms with E-state index in [0.717, 1.165) is 0 Å². The van der Waals surface area contributed by atoms with Gasteiger partial charge in [-0.15, -0.1) is 0 Å². The molecule has 0 aliphatic heterocycles.